The summed E-state index contributed by atoms with van der Waals surface area (Å²) in [6.45, 7) is 3.77. The molecule has 2 aromatic carbocycles. The number of anilines is 1. The molecule has 9 heteroatoms. The van der Waals surface area contributed by atoms with Crippen molar-refractivity contribution in [3.05, 3.63) is 63.2 Å². The van der Waals surface area contributed by atoms with Crippen molar-refractivity contribution in [3.63, 3.8) is 0 Å². The summed E-state index contributed by atoms with van der Waals surface area (Å²) in [7, 11) is 0. The summed E-state index contributed by atoms with van der Waals surface area (Å²) in [5.74, 6) is -0.714. The molecule has 26 heavy (non-hydrogen) atoms. The third kappa shape index (κ3) is 4.98. The maximum absolute atomic E-state index is 13.1. The fraction of sp³-hybridized carbons (Fsp3) is 0.235. The molecule has 0 unspecified atom stereocenters. The van der Waals surface area contributed by atoms with Crippen LogP contribution in [-0.2, 0) is 11.0 Å². The second-order valence-corrected chi connectivity index (χ2v) is 6.61. The van der Waals surface area contributed by atoms with E-state index in [0.29, 0.717) is 6.07 Å². The lowest BCUT2D eigenvalue weighted by Gasteiger charge is -2.14. The highest BCUT2D eigenvalue weighted by atomic mass is 32.2. The molecule has 1 amide bonds. The molecular weight excluding hydrogens is 369 g/mol. The molecule has 2 rings (SSSR count). The van der Waals surface area contributed by atoms with Crippen LogP contribution in [0.5, 0.6) is 0 Å². The second-order valence-electron chi connectivity index (χ2n) is 5.59. The number of carbonyl (C=O) groups excluding carboxylic acids is 1. The molecule has 0 aliphatic heterocycles. The lowest BCUT2D eigenvalue weighted by atomic mass is 10.1. The van der Waals surface area contributed by atoms with Gasteiger partial charge in [-0.3, -0.25) is 14.9 Å². The Morgan fingerprint density at radius 1 is 1.19 bits per heavy atom. The number of nitrogens with zero attached hydrogens (tertiary/aromatic N) is 1. The van der Waals surface area contributed by atoms with Gasteiger partial charge in [0.25, 0.3) is 5.69 Å². The van der Waals surface area contributed by atoms with E-state index in [2.05, 4.69) is 5.32 Å². The van der Waals surface area contributed by atoms with Crippen LogP contribution >= 0.6 is 11.8 Å². The van der Waals surface area contributed by atoms with Gasteiger partial charge in [-0.2, -0.15) is 13.2 Å². The molecule has 2 aromatic rings. The largest absolute Gasteiger partial charge is 0.418 e. The molecule has 0 aliphatic carbocycles. The van der Waals surface area contributed by atoms with Crippen molar-refractivity contribution in [2.75, 3.05) is 11.1 Å². The van der Waals surface area contributed by atoms with E-state index in [4.69, 9.17) is 0 Å². The van der Waals surface area contributed by atoms with Crippen LogP contribution in [0, 0.1) is 24.0 Å². The van der Waals surface area contributed by atoms with E-state index in [0.717, 1.165) is 28.2 Å². The molecule has 0 aliphatic rings. The molecule has 5 nitrogen and oxygen atoms in total. The smallest absolute Gasteiger partial charge is 0.325 e. The Balaban J connectivity index is 2.15. The summed E-state index contributed by atoms with van der Waals surface area (Å²) < 4.78 is 39.3. The van der Waals surface area contributed by atoms with Crippen LogP contribution in [0.3, 0.4) is 0 Å². The van der Waals surface area contributed by atoms with Gasteiger partial charge in [-0.25, -0.2) is 0 Å². The number of nitro groups is 1. The first kappa shape index (κ1) is 19.8. The Morgan fingerprint density at radius 2 is 1.88 bits per heavy atom. The first-order valence-electron chi connectivity index (χ1n) is 7.43. The van der Waals surface area contributed by atoms with Crippen molar-refractivity contribution in [1.29, 1.82) is 0 Å². The van der Waals surface area contributed by atoms with Crippen molar-refractivity contribution in [2.24, 2.45) is 0 Å². The van der Waals surface area contributed by atoms with Crippen molar-refractivity contribution < 1.29 is 22.9 Å². The van der Waals surface area contributed by atoms with Gasteiger partial charge in [0.1, 0.15) is 0 Å². The predicted molar refractivity (Wildman–Crippen MR) is 93.4 cm³/mol. The van der Waals surface area contributed by atoms with Crippen molar-refractivity contribution in [2.45, 2.75) is 24.9 Å². The van der Waals surface area contributed by atoms with Gasteiger partial charge in [-0.1, -0.05) is 17.7 Å². The molecule has 0 saturated heterocycles. The van der Waals surface area contributed by atoms with Gasteiger partial charge in [0.15, 0.2) is 0 Å². The van der Waals surface area contributed by atoms with Gasteiger partial charge in [0.05, 0.1) is 21.9 Å². The predicted octanol–water partition coefficient (Wildman–Crippen LogP) is 4.96. The molecule has 0 bridgehead atoms. The summed E-state index contributed by atoms with van der Waals surface area (Å²) in [6.07, 6.45) is -4.82. The number of alkyl halides is 3. The maximum Gasteiger partial charge on any atom is 0.418 e. The molecule has 0 atom stereocenters. The van der Waals surface area contributed by atoms with Crippen LogP contribution in [0.1, 0.15) is 16.7 Å². The molecule has 138 valence electrons. The average molecular weight is 384 g/mol. The zero-order valence-electron chi connectivity index (χ0n) is 13.9. The van der Waals surface area contributed by atoms with E-state index in [9.17, 15) is 28.1 Å². The number of amides is 1. The number of halogens is 3. The number of hydrogen-bond donors (Lipinski definition) is 1. The molecule has 0 fully saturated rings. The Hall–Kier alpha value is -2.55. The third-order valence-corrected chi connectivity index (χ3v) is 4.65. The number of benzene rings is 2. The number of carbonyl (C=O) groups is 1. The summed E-state index contributed by atoms with van der Waals surface area (Å²) in [6, 6.07) is 7.93. The number of non-ortho nitro benzene ring substituents is 1. The van der Waals surface area contributed by atoms with Crippen LogP contribution < -0.4 is 5.32 Å². The first-order chi connectivity index (χ1) is 12.1. The monoisotopic (exact) mass is 384 g/mol. The fourth-order valence-electron chi connectivity index (χ4n) is 2.18. The van der Waals surface area contributed by atoms with E-state index >= 15 is 0 Å². The molecule has 1 N–H and O–H groups in total. The van der Waals surface area contributed by atoms with Gasteiger partial charge in [0, 0.05) is 17.0 Å². The molecule has 0 spiro atoms. The zero-order chi connectivity index (χ0) is 19.5. The van der Waals surface area contributed by atoms with Crippen LogP contribution in [0.25, 0.3) is 0 Å². The minimum absolute atomic E-state index is 0.0847. The summed E-state index contributed by atoms with van der Waals surface area (Å²) in [5, 5.41) is 12.9. The topological polar surface area (TPSA) is 72.2 Å². The third-order valence-electron chi connectivity index (χ3n) is 3.50. The number of aryl methyl sites for hydroxylation is 2. The number of thioether (sulfide) groups is 1. The molecule has 0 heterocycles. The van der Waals surface area contributed by atoms with E-state index in [1.165, 1.54) is 11.8 Å². The van der Waals surface area contributed by atoms with Crippen LogP contribution in [0.4, 0.5) is 24.5 Å². The first-order valence-corrected chi connectivity index (χ1v) is 8.42. The summed E-state index contributed by atoms with van der Waals surface area (Å²) in [4.78, 5) is 22.7. The maximum atomic E-state index is 13.1. The van der Waals surface area contributed by atoms with Gasteiger partial charge in [-0.15, -0.1) is 11.8 Å². The van der Waals surface area contributed by atoms with Gasteiger partial charge >= 0.3 is 6.18 Å². The zero-order valence-corrected chi connectivity index (χ0v) is 14.7. The highest BCUT2D eigenvalue weighted by molar-refractivity contribution is 8.00. The molecule has 0 aromatic heterocycles. The normalized spacial score (nSPS) is 11.3. The quantitative estimate of drug-likeness (QED) is 0.449. The fourth-order valence-corrected chi connectivity index (χ4v) is 3.11. The molecule has 0 radical (unpaired) electrons. The van der Waals surface area contributed by atoms with Gasteiger partial charge in [-0.05, 0) is 31.5 Å². The SMILES string of the molecule is Cc1ccc(C)c(SCC(=O)Nc2ccc([N+](=O)[O-])cc2C(F)(F)F)c1. The van der Waals surface area contributed by atoms with E-state index < -0.39 is 33.9 Å². The van der Waals surface area contributed by atoms with E-state index in [-0.39, 0.29) is 5.75 Å². The van der Waals surface area contributed by atoms with E-state index in [1.54, 1.807) is 0 Å². The standard InChI is InChI=1S/C17H15F3N2O3S/c1-10-3-4-11(2)15(7-10)26-9-16(23)21-14-6-5-12(22(24)25)8-13(14)17(18,19)20/h3-8H,9H2,1-2H3,(H,21,23). The number of nitrogens with one attached hydrogen (secondary N) is 1. The number of rotatable bonds is 5. The lowest BCUT2D eigenvalue weighted by molar-refractivity contribution is -0.385. The van der Waals surface area contributed by atoms with Crippen molar-refractivity contribution >= 4 is 29.0 Å². The molecule has 0 saturated carbocycles. The van der Waals surface area contributed by atoms with Crippen LogP contribution in [-0.4, -0.2) is 16.6 Å². The average Bonchev–Trinajstić information content (AvgIpc) is 2.54. The minimum Gasteiger partial charge on any atom is -0.325 e. The van der Waals surface area contributed by atoms with Gasteiger partial charge < -0.3 is 5.32 Å². The number of hydrogen-bond acceptors (Lipinski definition) is 4. The summed E-state index contributed by atoms with van der Waals surface area (Å²) >= 11 is 1.21. The Morgan fingerprint density at radius 3 is 2.50 bits per heavy atom. The lowest BCUT2D eigenvalue weighted by Crippen LogP contribution is -2.18. The second kappa shape index (κ2) is 7.77. The van der Waals surface area contributed by atoms with Crippen LogP contribution in [0.2, 0.25) is 0 Å². The van der Waals surface area contributed by atoms with Crippen molar-refractivity contribution in [1.82, 2.24) is 0 Å². The highest BCUT2D eigenvalue weighted by Crippen LogP contribution is 2.37. The Kier molecular flexibility index (Phi) is 5.91. The Bertz CT molecular complexity index is 854. The van der Waals surface area contributed by atoms with Crippen LogP contribution in [0.15, 0.2) is 41.3 Å². The van der Waals surface area contributed by atoms with E-state index in [1.807, 2.05) is 32.0 Å². The molecular formula is C17H15F3N2O3S. The minimum atomic E-state index is -4.82. The van der Waals surface area contributed by atoms with Gasteiger partial charge in [0.2, 0.25) is 5.91 Å². The summed E-state index contributed by atoms with van der Waals surface area (Å²) in [5.41, 5.74) is -0.487. The number of nitro benzene ring substituents is 1. The van der Waals surface area contributed by atoms with Crippen molar-refractivity contribution in [3.8, 4) is 0 Å². The Labute approximate surface area is 151 Å². The highest BCUT2D eigenvalue weighted by Gasteiger charge is 2.35.